The molecular formula is C48H72N4O12Si2. The molecule has 2 aromatic rings. The van der Waals surface area contributed by atoms with Crippen molar-refractivity contribution in [2.24, 2.45) is 0 Å². The van der Waals surface area contributed by atoms with E-state index in [1.54, 1.807) is 9.80 Å². The van der Waals surface area contributed by atoms with Gasteiger partial charge in [-0.05, 0) is 61.2 Å². The van der Waals surface area contributed by atoms with Crippen molar-refractivity contribution >= 4 is 52.0 Å². The van der Waals surface area contributed by atoms with E-state index < -0.39 is 34.7 Å². The molecule has 0 radical (unpaired) electrons. The Kier molecular flexibility index (Phi) is 17.8. The summed E-state index contributed by atoms with van der Waals surface area (Å²) in [4.78, 5) is 56.8. The largest absolute Gasteiger partial charge is 0.493 e. The summed E-state index contributed by atoms with van der Waals surface area (Å²) in [5.41, 5.74) is 2.19. The average molecular weight is 953 g/mol. The molecule has 18 heteroatoms. The Morgan fingerprint density at radius 2 is 1.12 bits per heavy atom. The van der Waals surface area contributed by atoms with Gasteiger partial charge in [-0.1, -0.05) is 78.5 Å². The number of likely N-dealkylation sites (tertiary alicyclic amines) is 2. The maximum atomic E-state index is 14.4. The third-order valence-corrected chi connectivity index (χ3v) is 21.8. The molecule has 2 aromatic carbocycles. The maximum Gasteiger partial charge on any atom is 0.411 e. The van der Waals surface area contributed by atoms with Gasteiger partial charge in [-0.2, -0.15) is 0 Å². The molecule has 364 valence electrons. The third-order valence-electron chi connectivity index (χ3n) is 12.8. The molecule has 0 unspecified atom stereocenters. The number of amides is 4. The van der Waals surface area contributed by atoms with E-state index in [2.05, 4.69) is 98.1 Å². The van der Waals surface area contributed by atoms with Crippen LogP contribution in [0.3, 0.4) is 0 Å². The molecule has 2 atom stereocenters. The van der Waals surface area contributed by atoms with Crippen LogP contribution in [-0.4, -0.2) is 128 Å². The molecular weight excluding hydrogens is 881 g/mol. The predicted molar refractivity (Wildman–Crippen MR) is 262 cm³/mol. The van der Waals surface area contributed by atoms with Gasteiger partial charge in [-0.15, -0.1) is 0 Å². The lowest BCUT2D eigenvalue weighted by atomic mass is 10.1. The highest BCUT2D eigenvalue weighted by molar-refractivity contribution is 6.74. The lowest BCUT2D eigenvalue weighted by Gasteiger charge is -2.38. The number of carboxylic acid groups (broad SMARTS) is 1. The third kappa shape index (κ3) is 13.4. The summed E-state index contributed by atoms with van der Waals surface area (Å²) in [5.74, 6) is 0.156. The molecule has 0 aromatic heterocycles. The Balaban J connectivity index is 1.52. The van der Waals surface area contributed by atoms with E-state index in [-0.39, 0.29) is 93.4 Å². The summed E-state index contributed by atoms with van der Waals surface area (Å²) < 4.78 is 41.8. The van der Waals surface area contributed by atoms with Crippen molar-refractivity contribution in [3.63, 3.8) is 0 Å². The van der Waals surface area contributed by atoms with Crippen molar-refractivity contribution in [1.82, 2.24) is 9.80 Å². The predicted octanol–water partition coefficient (Wildman–Crippen LogP) is 9.96. The van der Waals surface area contributed by atoms with Crippen LogP contribution in [0, 0.1) is 0 Å². The van der Waals surface area contributed by atoms with Gasteiger partial charge in [-0.25, -0.2) is 9.59 Å². The molecule has 2 fully saturated rings. The Morgan fingerprint density at radius 3 is 1.48 bits per heavy atom. The molecule has 4 rings (SSSR count). The quantitative estimate of drug-likeness (QED) is 0.0650. The molecule has 2 saturated heterocycles. The molecule has 0 aliphatic carbocycles. The molecule has 3 N–H and O–H groups in total. The van der Waals surface area contributed by atoms with Gasteiger partial charge in [0, 0.05) is 31.6 Å². The number of methoxy groups -OCH3 is 2. The number of benzene rings is 2. The fourth-order valence-electron chi connectivity index (χ4n) is 6.92. The van der Waals surface area contributed by atoms with Crippen molar-refractivity contribution in [2.75, 3.05) is 71.0 Å². The first-order valence-corrected chi connectivity index (χ1v) is 28.0. The van der Waals surface area contributed by atoms with E-state index in [1.165, 1.54) is 44.6 Å². The number of carbonyl (C=O) groups is 4. The second-order valence-electron chi connectivity index (χ2n) is 19.8. The molecule has 66 heavy (non-hydrogen) atoms. The molecule has 2 aliphatic rings. The topological polar surface area (TPSA) is 184 Å². The highest BCUT2D eigenvalue weighted by Gasteiger charge is 2.42. The number of hydrogen-bond donors (Lipinski definition) is 3. The van der Waals surface area contributed by atoms with E-state index >= 15 is 0 Å². The lowest BCUT2D eigenvalue weighted by Crippen LogP contribution is -2.46. The fourth-order valence-corrected chi connectivity index (χ4v) is 9.01. The number of nitrogens with zero attached hydrogens (tertiary/aromatic N) is 2. The van der Waals surface area contributed by atoms with E-state index in [9.17, 15) is 24.3 Å². The number of anilines is 2. The standard InChI is InChI=1S/C48H72N4O12Si2/c1-16-18-62-46(57)50-38-26-42(40(59-11)24-36(38)44(54)52-28-32(3)22-34(52)30-64-66(14,15)48(7,8)9)61-20-17-19-60-41-25-37(49-45(55)56)35(23-39(41)58-10)43(53)51-27-31(2)21-33(51)29-63-65(12,13)47(4,5)6/h16,23-26,33-34,49H,1-3,17-22,27-30H2,4-15H3,(H,50,57)(H,55,56)/t33-,34-/m0/s1. The zero-order chi connectivity index (χ0) is 49.4. The van der Waals surface area contributed by atoms with E-state index in [0.717, 1.165) is 11.1 Å². The number of nitrogens with one attached hydrogen (secondary N) is 2. The molecule has 0 saturated carbocycles. The van der Waals surface area contributed by atoms with Gasteiger partial charge in [-0.3, -0.25) is 20.2 Å². The zero-order valence-corrected chi connectivity index (χ0v) is 43.1. The number of rotatable bonds is 20. The first kappa shape index (κ1) is 53.3. The van der Waals surface area contributed by atoms with Crippen LogP contribution in [-0.2, 0) is 13.6 Å². The molecule has 16 nitrogen and oxygen atoms in total. The number of hydrogen-bond acceptors (Lipinski definition) is 11. The summed E-state index contributed by atoms with van der Waals surface area (Å²) in [5, 5.41) is 14.8. The number of carbonyl (C=O) groups excluding carboxylic acids is 3. The van der Waals surface area contributed by atoms with E-state index in [4.69, 9.17) is 32.5 Å². The minimum absolute atomic E-state index is 0.0193. The first-order chi connectivity index (χ1) is 30.7. The van der Waals surface area contributed by atoms with Crippen molar-refractivity contribution in [3.05, 3.63) is 72.4 Å². The van der Waals surface area contributed by atoms with Gasteiger partial charge < -0.3 is 47.4 Å². The van der Waals surface area contributed by atoms with Gasteiger partial charge in [0.2, 0.25) is 0 Å². The average Bonchev–Trinajstić information content (AvgIpc) is 3.80. The van der Waals surface area contributed by atoms with Gasteiger partial charge in [0.15, 0.2) is 39.6 Å². The Morgan fingerprint density at radius 1 is 0.712 bits per heavy atom. The van der Waals surface area contributed by atoms with Gasteiger partial charge in [0.1, 0.15) is 6.61 Å². The molecule has 2 heterocycles. The van der Waals surface area contributed by atoms with Crippen LogP contribution >= 0.6 is 0 Å². The minimum atomic E-state index is -2.13. The molecule has 0 spiro atoms. The van der Waals surface area contributed by atoms with Crippen molar-refractivity contribution in [3.8, 4) is 23.0 Å². The van der Waals surface area contributed by atoms with E-state index in [1.807, 2.05) is 0 Å². The SMILES string of the molecule is C=CCOC(=O)Nc1cc(OCCCOc2cc(NC(=O)O)c(C(=O)N3CC(=C)C[C@H]3CO[Si](C)(C)C(C)(C)C)cc2OC)c(OC)cc1C(=O)N1CC(=C)C[C@H]1CO[Si](C)(C)C(C)(C)C. The number of ether oxygens (including phenoxy) is 5. The molecule has 2 aliphatic heterocycles. The fraction of sp³-hybridized carbons (Fsp3) is 0.542. The molecule has 4 amide bonds. The Hall–Kier alpha value is -5.31. The van der Waals surface area contributed by atoms with Gasteiger partial charge >= 0.3 is 12.2 Å². The van der Waals surface area contributed by atoms with Crippen LogP contribution in [0.5, 0.6) is 23.0 Å². The van der Waals surface area contributed by atoms with Gasteiger partial charge in [0.25, 0.3) is 11.8 Å². The summed E-state index contributed by atoms with van der Waals surface area (Å²) in [7, 11) is -1.37. The summed E-state index contributed by atoms with van der Waals surface area (Å²) >= 11 is 0. The highest BCUT2D eigenvalue weighted by Crippen LogP contribution is 2.41. The smallest absolute Gasteiger partial charge is 0.411 e. The molecule has 0 bridgehead atoms. The van der Waals surface area contributed by atoms with Crippen molar-refractivity contribution in [2.45, 2.75) is 109 Å². The van der Waals surface area contributed by atoms with Crippen molar-refractivity contribution in [1.29, 1.82) is 0 Å². The van der Waals surface area contributed by atoms with Crippen LogP contribution in [0.2, 0.25) is 36.3 Å². The van der Waals surface area contributed by atoms with Crippen LogP contribution in [0.4, 0.5) is 21.0 Å². The normalized spacial score (nSPS) is 16.8. The highest BCUT2D eigenvalue weighted by atomic mass is 28.4. The second kappa shape index (κ2) is 22.0. The minimum Gasteiger partial charge on any atom is -0.493 e. The summed E-state index contributed by atoms with van der Waals surface area (Å²) in [6, 6.07) is 5.39. The zero-order valence-electron chi connectivity index (χ0n) is 41.1. The van der Waals surface area contributed by atoms with Crippen LogP contribution in [0.1, 0.15) is 81.5 Å². The summed E-state index contributed by atoms with van der Waals surface area (Å²) in [6.45, 7) is 34.9. The van der Waals surface area contributed by atoms with Crippen molar-refractivity contribution < 1.29 is 56.8 Å². The lowest BCUT2D eigenvalue weighted by molar-refractivity contribution is 0.0680. The van der Waals surface area contributed by atoms with Crippen LogP contribution < -0.4 is 29.6 Å². The first-order valence-electron chi connectivity index (χ1n) is 22.2. The maximum absolute atomic E-state index is 14.4. The monoisotopic (exact) mass is 952 g/mol. The summed E-state index contributed by atoms with van der Waals surface area (Å²) in [6.07, 6.45) is 0.747. The Labute approximate surface area is 392 Å². The van der Waals surface area contributed by atoms with Crippen LogP contribution in [0.25, 0.3) is 0 Å². The van der Waals surface area contributed by atoms with Crippen LogP contribution in [0.15, 0.2) is 61.2 Å². The Bertz CT molecular complexity index is 2150. The van der Waals surface area contributed by atoms with Gasteiger partial charge in [0.05, 0.1) is 75.2 Å². The second-order valence-corrected chi connectivity index (χ2v) is 29.4. The van der Waals surface area contributed by atoms with E-state index in [0.29, 0.717) is 45.6 Å².